The van der Waals surface area contributed by atoms with Crippen LogP contribution >= 0.6 is 0 Å². The number of fused-ring (bicyclic) bond motifs is 8. The molecule has 3 heteroatoms. The average Bonchev–Trinajstić information content (AvgIpc) is 3.69. The van der Waals surface area contributed by atoms with Crippen LogP contribution in [0.5, 0.6) is 0 Å². The van der Waals surface area contributed by atoms with Crippen molar-refractivity contribution in [2.75, 3.05) is 4.90 Å². The molecule has 0 N–H and O–H groups in total. The van der Waals surface area contributed by atoms with Gasteiger partial charge in [0.1, 0.15) is 11.2 Å². The molecule has 1 aliphatic rings. The largest absolute Gasteiger partial charge is 0.455 e. The minimum Gasteiger partial charge on any atom is -0.455 e. The second-order valence-electron chi connectivity index (χ2n) is 14.0. The molecular weight excluding hydrogens is 621 g/mol. The molecule has 0 aliphatic heterocycles. The molecule has 0 saturated carbocycles. The van der Waals surface area contributed by atoms with Gasteiger partial charge >= 0.3 is 0 Å². The second kappa shape index (κ2) is 11.3. The number of anilines is 3. The van der Waals surface area contributed by atoms with Crippen LogP contribution in [0, 0.1) is 0 Å². The second-order valence-corrected chi connectivity index (χ2v) is 14.0. The highest BCUT2D eigenvalue weighted by atomic mass is 16.3. The highest BCUT2D eigenvalue weighted by Gasteiger charge is 2.35. The SMILES string of the molecule is CC1(C)c2ccccc2-c2ccc(N(c3ccccc3)c3ccc(-c4cc5ccccc5c5c4oc4cccc(-c6ccccn6)c45)cc3)cc21. The number of rotatable bonds is 5. The van der Waals surface area contributed by atoms with Crippen LogP contribution in [0.1, 0.15) is 25.0 Å². The summed E-state index contributed by atoms with van der Waals surface area (Å²) in [5, 5.41) is 4.57. The number of nitrogens with zero attached hydrogens (tertiary/aromatic N) is 2. The summed E-state index contributed by atoms with van der Waals surface area (Å²) in [5.74, 6) is 0. The van der Waals surface area contributed by atoms with Gasteiger partial charge in [-0.2, -0.15) is 0 Å². The van der Waals surface area contributed by atoms with E-state index in [1.807, 2.05) is 18.3 Å². The van der Waals surface area contributed by atoms with Crippen molar-refractivity contribution in [1.29, 1.82) is 0 Å². The van der Waals surface area contributed by atoms with E-state index in [0.717, 1.165) is 61.4 Å². The Labute approximate surface area is 297 Å². The van der Waals surface area contributed by atoms with Crippen molar-refractivity contribution in [2.45, 2.75) is 19.3 Å². The smallest absolute Gasteiger partial charge is 0.143 e. The summed E-state index contributed by atoms with van der Waals surface area (Å²) in [6.07, 6.45) is 1.85. The van der Waals surface area contributed by atoms with Gasteiger partial charge < -0.3 is 9.32 Å². The van der Waals surface area contributed by atoms with E-state index < -0.39 is 0 Å². The van der Waals surface area contributed by atoms with Crippen LogP contribution in [0.25, 0.3) is 66.2 Å². The molecule has 51 heavy (non-hydrogen) atoms. The zero-order valence-electron chi connectivity index (χ0n) is 28.5. The minimum absolute atomic E-state index is 0.0847. The molecule has 0 radical (unpaired) electrons. The van der Waals surface area contributed by atoms with E-state index in [2.05, 4.69) is 170 Å². The summed E-state index contributed by atoms with van der Waals surface area (Å²) in [6, 6.07) is 58.6. The van der Waals surface area contributed by atoms with E-state index in [4.69, 9.17) is 9.40 Å². The molecule has 242 valence electrons. The Morgan fingerprint density at radius 3 is 2.06 bits per heavy atom. The van der Waals surface area contributed by atoms with Crippen molar-refractivity contribution >= 4 is 49.8 Å². The number of hydrogen-bond donors (Lipinski definition) is 0. The zero-order chi connectivity index (χ0) is 34.1. The predicted octanol–water partition coefficient (Wildman–Crippen LogP) is 13.2. The van der Waals surface area contributed by atoms with Gasteiger partial charge in [0.15, 0.2) is 0 Å². The Kier molecular flexibility index (Phi) is 6.53. The Hall–Kier alpha value is -6.45. The monoisotopic (exact) mass is 654 g/mol. The molecule has 0 bridgehead atoms. The van der Waals surface area contributed by atoms with E-state index in [0.29, 0.717) is 0 Å². The van der Waals surface area contributed by atoms with Crippen LogP contribution in [0.4, 0.5) is 17.1 Å². The van der Waals surface area contributed by atoms with E-state index in [-0.39, 0.29) is 5.41 Å². The number of benzene rings is 7. The van der Waals surface area contributed by atoms with Gasteiger partial charge in [-0.25, -0.2) is 0 Å². The van der Waals surface area contributed by atoms with Gasteiger partial charge in [0.2, 0.25) is 0 Å². The van der Waals surface area contributed by atoms with Crippen molar-refractivity contribution in [1.82, 2.24) is 4.98 Å². The Morgan fingerprint density at radius 2 is 1.22 bits per heavy atom. The molecule has 9 aromatic rings. The predicted molar refractivity (Wildman–Crippen MR) is 212 cm³/mol. The highest BCUT2D eigenvalue weighted by Crippen LogP contribution is 2.51. The third-order valence-corrected chi connectivity index (χ3v) is 10.7. The Morgan fingerprint density at radius 1 is 0.510 bits per heavy atom. The number of pyridine rings is 1. The van der Waals surface area contributed by atoms with Gasteiger partial charge in [-0.05, 0) is 99.3 Å². The van der Waals surface area contributed by atoms with Gasteiger partial charge in [0, 0.05) is 50.6 Å². The lowest BCUT2D eigenvalue weighted by atomic mass is 9.82. The maximum absolute atomic E-state index is 6.78. The van der Waals surface area contributed by atoms with Crippen LogP contribution in [-0.2, 0) is 5.41 Å². The first-order chi connectivity index (χ1) is 25.1. The maximum Gasteiger partial charge on any atom is 0.143 e. The van der Waals surface area contributed by atoms with Crippen LogP contribution in [-0.4, -0.2) is 4.98 Å². The molecule has 1 aliphatic carbocycles. The zero-order valence-corrected chi connectivity index (χ0v) is 28.5. The first kappa shape index (κ1) is 29.5. The van der Waals surface area contributed by atoms with E-state index >= 15 is 0 Å². The van der Waals surface area contributed by atoms with Crippen LogP contribution in [0.3, 0.4) is 0 Å². The van der Waals surface area contributed by atoms with Gasteiger partial charge in [-0.1, -0.05) is 117 Å². The Balaban J connectivity index is 1.13. The molecule has 0 amide bonds. The fourth-order valence-electron chi connectivity index (χ4n) is 8.26. The molecule has 2 aromatic heterocycles. The Bertz CT molecular complexity index is 2760. The molecule has 0 atom stereocenters. The molecule has 2 heterocycles. The summed E-state index contributed by atoms with van der Waals surface area (Å²) in [6.45, 7) is 4.68. The lowest BCUT2D eigenvalue weighted by Gasteiger charge is -2.28. The minimum atomic E-state index is -0.0847. The van der Waals surface area contributed by atoms with Crippen molar-refractivity contribution in [2.24, 2.45) is 0 Å². The molecule has 7 aromatic carbocycles. The third-order valence-electron chi connectivity index (χ3n) is 10.7. The standard InChI is InChI=1S/C48H34N2O/c1-48(2)41-19-9-8-17-37(41)38-27-26-35(30-42(38)48)50(33-14-4-3-5-15-33)34-24-22-31(23-25-34)40-29-32-13-6-7-16-36(32)46-45-39(43-20-10-11-28-49-43)18-12-21-44(45)51-47(40)46/h3-30H,1-2H3. The summed E-state index contributed by atoms with van der Waals surface area (Å²) in [4.78, 5) is 7.07. The van der Waals surface area contributed by atoms with Crippen molar-refractivity contribution in [3.63, 3.8) is 0 Å². The fourth-order valence-corrected chi connectivity index (χ4v) is 8.26. The topological polar surface area (TPSA) is 29.3 Å². The highest BCUT2D eigenvalue weighted by molar-refractivity contribution is 6.25. The first-order valence-electron chi connectivity index (χ1n) is 17.5. The number of aromatic nitrogens is 1. The van der Waals surface area contributed by atoms with Crippen LogP contribution in [0.2, 0.25) is 0 Å². The first-order valence-corrected chi connectivity index (χ1v) is 17.5. The molecule has 0 unspecified atom stereocenters. The maximum atomic E-state index is 6.78. The molecular formula is C48H34N2O. The van der Waals surface area contributed by atoms with Crippen LogP contribution in [0.15, 0.2) is 174 Å². The molecule has 3 nitrogen and oxygen atoms in total. The van der Waals surface area contributed by atoms with Gasteiger partial charge in [0.05, 0.1) is 5.69 Å². The fraction of sp³-hybridized carbons (Fsp3) is 0.0625. The lowest BCUT2D eigenvalue weighted by Crippen LogP contribution is -2.16. The van der Waals surface area contributed by atoms with Gasteiger partial charge in [-0.15, -0.1) is 0 Å². The summed E-state index contributed by atoms with van der Waals surface area (Å²) in [5.41, 5.74) is 14.6. The molecule has 0 saturated heterocycles. The number of furan rings is 1. The molecule has 0 spiro atoms. The van der Waals surface area contributed by atoms with Crippen molar-refractivity contribution < 1.29 is 4.42 Å². The average molecular weight is 655 g/mol. The normalized spacial score (nSPS) is 13.1. The van der Waals surface area contributed by atoms with E-state index in [9.17, 15) is 0 Å². The summed E-state index contributed by atoms with van der Waals surface area (Å²) >= 11 is 0. The van der Waals surface area contributed by atoms with E-state index in [1.54, 1.807) is 0 Å². The summed E-state index contributed by atoms with van der Waals surface area (Å²) in [7, 11) is 0. The van der Waals surface area contributed by atoms with Crippen LogP contribution < -0.4 is 4.90 Å². The van der Waals surface area contributed by atoms with Crippen molar-refractivity contribution in [3.8, 4) is 33.5 Å². The van der Waals surface area contributed by atoms with E-state index in [1.165, 1.54) is 33.0 Å². The number of hydrogen-bond acceptors (Lipinski definition) is 3. The lowest BCUT2D eigenvalue weighted by molar-refractivity contribution is 0.660. The molecule has 10 rings (SSSR count). The third kappa shape index (κ3) is 4.55. The number of para-hydroxylation sites is 1. The van der Waals surface area contributed by atoms with Crippen molar-refractivity contribution in [3.05, 3.63) is 181 Å². The quantitative estimate of drug-likeness (QED) is 0.185. The van der Waals surface area contributed by atoms with Gasteiger partial charge in [0.25, 0.3) is 0 Å². The summed E-state index contributed by atoms with van der Waals surface area (Å²) < 4.78 is 6.78. The molecule has 0 fully saturated rings. The van der Waals surface area contributed by atoms with Gasteiger partial charge in [-0.3, -0.25) is 4.98 Å².